The van der Waals surface area contributed by atoms with Crippen LogP contribution in [0.4, 0.5) is 0 Å². The summed E-state index contributed by atoms with van der Waals surface area (Å²) in [6.45, 7) is 14.0. The van der Waals surface area contributed by atoms with Gasteiger partial charge in [0.15, 0.2) is 8.32 Å². The molecule has 0 amide bonds. The first-order valence-electron chi connectivity index (χ1n) is 9.14. The fraction of sp³-hybridized carbons (Fsp3) is 0.944. The molecule has 0 radical (unpaired) electrons. The largest absolute Gasteiger partial charge is 0.481 e. The molecule has 0 spiro atoms. The maximum Gasteiger partial charge on any atom is 0.303 e. The Morgan fingerprint density at radius 2 is 2.00 bits per heavy atom. The molecule has 140 valence electrons. The van der Waals surface area contributed by atoms with E-state index < -0.39 is 19.9 Å². The lowest BCUT2D eigenvalue weighted by atomic mass is 9.83. The summed E-state index contributed by atoms with van der Waals surface area (Å²) in [6.07, 6.45) is 3.34. The molecule has 2 saturated heterocycles. The molecule has 6 heteroatoms. The Balaban J connectivity index is 2.21. The second-order valence-corrected chi connectivity index (χ2v) is 13.8. The van der Waals surface area contributed by atoms with Crippen molar-refractivity contribution in [2.45, 2.75) is 102 Å². The molecule has 1 N–H and O–H groups in total. The van der Waals surface area contributed by atoms with Crippen LogP contribution in [-0.4, -0.2) is 49.9 Å². The van der Waals surface area contributed by atoms with E-state index in [1.54, 1.807) is 0 Å². The molecule has 2 rings (SSSR count). The van der Waals surface area contributed by atoms with Gasteiger partial charge in [0, 0.05) is 19.4 Å². The van der Waals surface area contributed by atoms with Crippen molar-refractivity contribution in [3.63, 3.8) is 0 Å². The third-order valence-corrected chi connectivity index (χ3v) is 10.5. The Hall–Kier alpha value is -0.433. The van der Waals surface area contributed by atoms with Crippen molar-refractivity contribution in [2.24, 2.45) is 0 Å². The monoisotopic (exact) mass is 358 g/mol. The first-order valence-corrected chi connectivity index (χ1v) is 12.0. The van der Waals surface area contributed by atoms with E-state index in [-0.39, 0.29) is 29.8 Å². The van der Waals surface area contributed by atoms with Gasteiger partial charge in [-0.15, -0.1) is 0 Å². The third-order valence-electron chi connectivity index (χ3n) is 5.92. The zero-order valence-electron chi connectivity index (χ0n) is 16.1. The van der Waals surface area contributed by atoms with Crippen LogP contribution in [-0.2, 0) is 18.7 Å². The number of rotatable bonds is 5. The van der Waals surface area contributed by atoms with Gasteiger partial charge in [-0.25, -0.2) is 0 Å². The predicted molar refractivity (Wildman–Crippen MR) is 95.8 cm³/mol. The molecule has 4 atom stereocenters. The predicted octanol–water partition coefficient (Wildman–Crippen LogP) is 3.97. The van der Waals surface area contributed by atoms with Gasteiger partial charge in [0.1, 0.15) is 0 Å². The Bertz CT molecular complexity index is 459. The van der Waals surface area contributed by atoms with Crippen LogP contribution in [0.15, 0.2) is 0 Å². The van der Waals surface area contributed by atoms with Gasteiger partial charge in [0.25, 0.3) is 0 Å². The van der Waals surface area contributed by atoms with Crippen LogP contribution in [0.1, 0.15) is 59.8 Å². The van der Waals surface area contributed by atoms with Crippen LogP contribution < -0.4 is 0 Å². The number of aliphatic carboxylic acids is 1. The zero-order valence-corrected chi connectivity index (χ0v) is 17.1. The SMILES string of the molecule is CC(C)(C)[Si](C)(C)O[C@@]1(C)C[C@H]2OCCC[C@@H]2O[C@@H]1CCC(=O)O. The minimum Gasteiger partial charge on any atom is -0.481 e. The van der Waals surface area contributed by atoms with Crippen molar-refractivity contribution in [3.05, 3.63) is 0 Å². The molecule has 2 aliphatic heterocycles. The van der Waals surface area contributed by atoms with Crippen molar-refractivity contribution in [1.82, 2.24) is 0 Å². The lowest BCUT2D eigenvalue weighted by Crippen LogP contribution is -2.61. The van der Waals surface area contributed by atoms with Gasteiger partial charge in [0.2, 0.25) is 0 Å². The third kappa shape index (κ3) is 4.39. The number of ether oxygens (including phenoxy) is 2. The van der Waals surface area contributed by atoms with Gasteiger partial charge in [-0.3, -0.25) is 4.79 Å². The minimum absolute atomic E-state index is 0.0644. The zero-order chi connectivity index (χ0) is 18.2. The van der Waals surface area contributed by atoms with Gasteiger partial charge < -0.3 is 19.0 Å². The Morgan fingerprint density at radius 1 is 1.33 bits per heavy atom. The van der Waals surface area contributed by atoms with Crippen molar-refractivity contribution in [1.29, 1.82) is 0 Å². The van der Waals surface area contributed by atoms with Crippen LogP contribution in [0.25, 0.3) is 0 Å². The van der Waals surface area contributed by atoms with E-state index in [1.165, 1.54) is 0 Å². The lowest BCUT2D eigenvalue weighted by Gasteiger charge is -2.53. The fourth-order valence-corrected chi connectivity index (χ4v) is 5.20. The summed E-state index contributed by atoms with van der Waals surface area (Å²) in [5.74, 6) is -0.782. The average Bonchev–Trinajstić information content (AvgIpc) is 2.42. The van der Waals surface area contributed by atoms with Crippen molar-refractivity contribution in [2.75, 3.05) is 6.61 Å². The van der Waals surface area contributed by atoms with E-state index in [4.69, 9.17) is 19.0 Å². The summed E-state index contributed by atoms with van der Waals surface area (Å²) in [4.78, 5) is 11.1. The van der Waals surface area contributed by atoms with Gasteiger partial charge in [0.05, 0.1) is 23.9 Å². The normalized spacial score (nSPS) is 34.7. The second kappa shape index (κ2) is 7.06. The number of carboxylic acid groups (broad SMARTS) is 1. The molecule has 0 saturated carbocycles. The number of carbonyl (C=O) groups is 1. The van der Waals surface area contributed by atoms with Crippen LogP contribution in [0.3, 0.4) is 0 Å². The van der Waals surface area contributed by atoms with Crippen LogP contribution in [0.2, 0.25) is 18.1 Å². The van der Waals surface area contributed by atoms with E-state index in [0.29, 0.717) is 6.42 Å². The first-order chi connectivity index (χ1) is 10.9. The standard InChI is InChI=1S/C18H34O5Si/c1-17(2,3)24(5,6)23-18(4)12-14-13(8-7-11-21-14)22-15(18)9-10-16(19)20/h13-15H,7-12H2,1-6H3,(H,19,20)/t13-,14+,15+,18-/m0/s1. The number of fused-ring (bicyclic) bond motifs is 1. The van der Waals surface area contributed by atoms with E-state index >= 15 is 0 Å². The van der Waals surface area contributed by atoms with Gasteiger partial charge in [-0.1, -0.05) is 20.8 Å². The van der Waals surface area contributed by atoms with E-state index in [0.717, 1.165) is 25.9 Å². The van der Waals surface area contributed by atoms with Crippen LogP contribution in [0.5, 0.6) is 0 Å². The highest BCUT2D eigenvalue weighted by molar-refractivity contribution is 6.74. The molecule has 0 aromatic carbocycles. The molecule has 5 nitrogen and oxygen atoms in total. The molecule has 24 heavy (non-hydrogen) atoms. The molecule has 0 aliphatic carbocycles. The van der Waals surface area contributed by atoms with Gasteiger partial charge in [-0.05, 0) is 44.3 Å². The highest BCUT2D eigenvalue weighted by atomic mass is 28.4. The summed E-state index contributed by atoms with van der Waals surface area (Å²) < 4.78 is 19.0. The summed E-state index contributed by atoms with van der Waals surface area (Å²) in [5, 5.41) is 9.19. The maximum absolute atomic E-state index is 11.1. The summed E-state index contributed by atoms with van der Waals surface area (Å²) in [5.41, 5.74) is -0.489. The molecular weight excluding hydrogens is 324 g/mol. The fourth-order valence-electron chi connectivity index (χ4n) is 3.52. The molecule has 2 fully saturated rings. The molecule has 0 unspecified atom stereocenters. The lowest BCUT2D eigenvalue weighted by molar-refractivity contribution is -0.231. The Labute approximate surface area is 147 Å². The highest BCUT2D eigenvalue weighted by Crippen LogP contribution is 2.45. The average molecular weight is 359 g/mol. The second-order valence-electron chi connectivity index (χ2n) is 9.03. The van der Waals surface area contributed by atoms with Crippen molar-refractivity contribution in [3.8, 4) is 0 Å². The molecule has 0 aromatic heterocycles. The van der Waals surface area contributed by atoms with E-state index in [9.17, 15) is 4.79 Å². The number of hydrogen-bond donors (Lipinski definition) is 1. The van der Waals surface area contributed by atoms with Crippen molar-refractivity contribution >= 4 is 14.3 Å². The van der Waals surface area contributed by atoms with Gasteiger partial charge in [-0.2, -0.15) is 0 Å². The van der Waals surface area contributed by atoms with E-state index in [1.807, 2.05) is 0 Å². The summed E-state index contributed by atoms with van der Waals surface area (Å²) in [6, 6.07) is 0. The minimum atomic E-state index is -2.00. The molecule has 0 aromatic rings. The Kier molecular flexibility index (Phi) is 5.85. The van der Waals surface area contributed by atoms with Crippen LogP contribution in [0, 0.1) is 0 Å². The number of hydrogen-bond acceptors (Lipinski definition) is 4. The molecular formula is C18H34O5Si. The van der Waals surface area contributed by atoms with E-state index in [2.05, 4.69) is 40.8 Å². The summed E-state index contributed by atoms with van der Waals surface area (Å²) >= 11 is 0. The Morgan fingerprint density at radius 3 is 2.58 bits per heavy atom. The molecule has 2 aliphatic rings. The summed E-state index contributed by atoms with van der Waals surface area (Å²) in [7, 11) is -2.00. The smallest absolute Gasteiger partial charge is 0.303 e. The highest BCUT2D eigenvalue weighted by Gasteiger charge is 2.52. The van der Waals surface area contributed by atoms with Gasteiger partial charge >= 0.3 is 5.97 Å². The number of carboxylic acids is 1. The molecule has 2 heterocycles. The van der Waals surface area contributed by atoms with Crippen LogP contribution >= 0.6 is 0 Å². The topological polar surface area (TPSA) is 65.0 Å². The quantitative estimate of drug-likeness (QED) is 0.753. The first kappa shape index (κ1) is 19.9. The maximum atomic E-state index is 11.1. The van der Waals surface area contributed by atoms with Crippen molar-refractivity contribution < 1.29 is 23.8 Å². The molecule has 0 bridgehead atoms.